The van der Waals surface area contributed by atoms with Gasteiger partial charge in [0, 0.05) is 11.4 Å². The maximum Gasteiger partial charge on any atom is 0.416 e. The van der Waals surface area contributed by atoms with Crippen LogP contribution in [0.15, 0.2) is 45.3 Å². The van der Waals surface area contributed by atoms with E-state index in [2.05, 4.69) is 20.7 Å². The van der Waals surface area contributed by atoms with Gasteiger partial charge in [0.15, 0.2) is 11.5 Å². The number of carbonyl (C=O) groups excluding carboxylic acids is 1. The molecule has 0 spiro atoms. The number of benzene rings is 1. The van der Waals surface area contributed by atoms with Crippen LogP contribution < -0.4 is 5.43 Å². The van der Waals surface area contributed by atoms with Gasteiger partial charge in [-0.1, -0.05) is 17.3 Å². The summed E-state index contributed by atoms with van der Waals surface area (Å²) >= 11 is 1.19. The van der Waals surface area contributed by atoms with Gasteiger partial charge in [-0.25, -0.2) is 9.78 Å². The van der Waals surface area contributed by atoms with E-state index in [1.807, 2.05) is 0 Å². The van der Waals surface area contributed by atoms with Crippen LogP contribution in [0, 0.1) is 0 Å². The van der Waals surface area contributed by atoms with Crippen molar-refractivity contribution < 1.29 is 27.2 Å². The summed E-state index contributed by atoms with van der Waals surface area (Å²) in [6.45, 7) is 1.90. The molecular formula is C17H13F3N4O3S. The van der Waals surface area contributed by atoms with E-state index in [9.17, 15) is 18.0 Å². The number of carbonyl (C=O) groups is 1. The van der Waals surface area contributed by atoms with Crippen LogP contribution in [0.5, 0.6) is 0 Å². The molecule has 0 saturated heterocycles. The normalized spacial score (nSPS) is 11.7. The number of anilines is 1. The Labute approximate surface area is 160 Å². The number of rotatable bonds is 6. The molecule has 3 aromatic rings. The molecular weight excluding hydrogens is 397 g/mol. The molecule has 7 nitrogen and oxygen atoms in total. The predicted molar refractivity (Wildman–Crippen MR) is 96.2 cm³/mol. The van der Waals surface area contributed by atoms with Crippen molar-refractivity contribution in [3.63, 3.8) is 0 Å². The first-order valence-corrected chi connectivity index (χ1v) is 8.81. The maximum absolute atomic E-state index is 12.7. The summed E-state index contributed by atoms with van der Waals surface area (Å²) in [6, 6.07) is 6.18. The second-order valence-corrected chi connectivity index (χ2v) is 6.19. The molecule has 0 aliphatic rings. The third-order valence-corrected chi connectivity index (χ3v) is 4.09. The molecule has 0 atom stereocenters. The lowest BCUT2D eigenvalue weighted by Gasteiger charge is -2.06. The summed E-state index contributed by atoms with van der Waals surface area (Å²) in [7, 11) is 0. The van der Waals surface area contributed by atoms with Crippen LogP contribution in [-0.4, -0.2) is 28.9 Å². The Bertz CT molecular complexity index is 997. The highest BCUT2D eigenvalue weighted by atomic mass is 32.1. The Kier molecular flexibility index (Phi) is 5.73. The minimum atomic E-state index is -4.42. The van der Waals surface area contributed by atoms with Gasteiger partial charge in [0.05, 0.1) is 18.4 Å². The van der Waals surface area contributed by atoms with E-state index in [1.54, 1.807) is 12.3 Å². The quantitative estimate of drug-likeness (QED) is 0.367. The number of hydrogen-bond donors (Lipinski definition) is 1. The molecule has 0 radical (unpaired) electrons. The number of ether oxygens (including phenoxy) is 1. The van der Waals surface area contributed by atoms with E-state index in [1.165, 1.54) is 35.8 Å². The van der Waals surface area contributed by atoms with Crippen molar-refractivity contribution in [2.24, 2.45) is 5.10 Å². The summed E-state index contributed by atoms with van der Waals surface area (Å²) in [4.78, 5) is 15.8. The largest absolute Gasteiger partial charge is 0.461 e. The minimum Gasteiger partial charge on any atom is -0.461 e. The number of hydrazone groups is 1. The number of esters is 1. The van der Waals surface area contributed by atoms with E-state index < -0.39 is 17.7 Å². The molecule has 0 aliphatic carbocycles. The van der Waals surface area contributed by atoms with Crippen molar-refractivity contribution in [3.8, 4) is 11.5 Å². The molecule has 0 aliphatic heterocycles. The Morgan fingerprint density at radius 2 is 2.21 bits per heavy atom. The van der Waals surface area contributed by atoms with E-state index in [0.29, 0.717) is 10.8 Å². The Morgan fingerprint density at radius 3 is 2.96 bits per heavy atom. The van der Waals surface area contributed by atoms with Crippen molar-refractivity contribution in [1.29, 1.82) is 0 Å². The highest BCUT2D eigenvalue weighted by molar-refractivity contribution is 7.14. The van der Waals surface area contributed by atoms with Crippen LogP contribution in [0.4, 0.5) is 18.3 Å². The Balaban J connectivity index is 1.65. The standard InChI is InChI=1S/C17H13F3N4O3S/c1-2-26-15(25)12-7-14(27-24-12)13-9-28-16(22-13)23-21-8-10-4-3-5-11(6-10)17(18,19)20/h3-9H,2H2,1H3,(H,22,23)/b21-8+. The molecule has 1 aromatic carbocycles. The molecule has 0 fully saturated rings. The highest BCUT2D eigenvalue weighted by Crippen LogP contribution is 2.29. The van der Waals surface area contributed by atoms with Crippen molar-refractivity contribution in [1.82, 2.24) is 10.1 Å². The van der Waals surface area contributed by atoms with Gasteiger partial charge in [0.25, 0.3) is 0 Å². The van der Waals surface area contributed by atoms with Gasteiger partial charge < -0.3 is 9.26 Å². The smallest absolute Gasteiger partial charge is 0.416 e. The summed E-state index contributed by atoms with van der Waals surface area (Å²) in [5.74, 6) is -0.328. The number of aromatic nitrogens is 2. The minimum absolute atomic E-state index is 0.0296. The topological polar surface area (TPSA) is 89.6 Å². The number of thiazole rings is 1. The first kappa shape index (κ1) is 19.5. The average Bonchev–Trinajstić information content (AvgIpc) is 3.31. The van der Waals surface area contributed by atoms with Crippen molar-refractivity contribution in [2.75, 3.05) is 12.0 Å². The van der Waals surface area contributed by atoms with Crippen molar-refractivity contribution in [3.05, 3.63) is 52.5 Å². The summed E-state index contributed by atoms with van der Waals surface area (Å²) in [5.41, 5.74) is 2.62. The fraction of sp³-hybridized carbons (Fsp3) is 0.176. The fourth-order valence-electron chi connectivity index (χ4n) is 2.09. The molecule has 0 bridgehead atoms. The van der Waals surface area contributed by atoms with Gasteiger partial charge in [-0.05, 0) is 24.6 Å². The van der Waals surface area contributed by atoms with Crippen LogP contribution in [0.2, 0.25) is 0 Å². The van der Waals surface area contributed by atoms with Gasteiger partial charge >= 0.3 is 12.1 Å². The van der Waals surface area contributed by atoms with Gasteiger partial charge in [-0.3, -0.25) is 5.43 Å². The molecule has 2 heterocycles. The number of alkyl halides is 3. The van der Waals surface area contributed by atoms with E-state index >= 15 is 0 Å². The first-order chi connectivity index (χ1) is 13.4. The molecule has 0 unspecified atom stereocenters. The molecule has 3 rings (SSSR count). The van der Waals surface area contributed by atoms with Crippen LogP contribution in [0.25, 0.3) is 11.5 Å². The summed E-state index contributed by atoms with van der Waals surface area (Å²) < 4.78 is 48.0. The lowest BCUT2D eigenvalue weighted by Crippen LogP contribution is -2.05. The number of hydrogen-bond acceptors (Lipinski definition) is 8. The lowest BCUT2D eigenvalue weighted by molar-refractivity contribution is -0.137. The van der Waals surface area contributed by atoms with E-state index in [4.69, 9.17) is 9.26 Å². The summed E-state index contributed by atoms with van der Waals surface area (Å²) in [6.07, 6.45) is -3.16. The first-order valence-electron chi connectivity index (χ1n) is 7.93. The van der Waals surface area contributed by atoms with E-state index in [0.717, 1.165) is 12.1 Å². The van der Waals surface area contributed by atoms with E-state index in [-0.39, 0.29) is 23.6 Å². The maximum atomic E-state index is 12.7. The van der Waals surface area contributed by atoms with Crippen molar-refractivity contribution in [2.45, 2.75) is 13.1 Å². The zero-order chi connectivity index (χ0) is 20.1. The molecule has 0 saturated carbocycles. The van der Waals surface area contributed by atoms with Gasteiger partial charge in [-0.2, -0.15) is 18.3 Å². The fourth-order valence-corrected chi connectivity index (χ4v) is 2.74. The van der Waals surface area contributed by atoms with Crippen molar-refractivity contribution >= 4 is 28.7 Å². The molecule has 146 valence electrons. The van der Waals surface area contributed by atoms with Crippen LogP contribution in [0.3, 0.4) is 0 Å². The predicted octanol–water partition coefficient (Wildman–Crippen LogP) is 4.44. The number of halogens is 3. The lowest BCUT2D eigenvalue weighted by atomic mass is 10.1. The van der Waals surface area contributed by atoms with Gasteiger partial charge in [0.1, 0.15) is 5.69 Å². The number of nitrogens with zero attached hydrogens (tertiary/aromatic N) is 3. The third kappa shape index (κ3) is 4.74. The SMILES string of the molecule is CCOC(=O)c1cc(-c2csc(N/N=C/c3cccc(C(F)(F)F)c3)n2)on1. The average molecular weight is 410 g/mol. The monoisotopic (exact) mass is 410 g/mol. The van der Waals surface area contributed by atoms with Gasteiger partial charge in [0.2, 0.25) is 5.13 Å². The molecule has 1 N–H and O–H groups in total. The Morgan fingerprint density at radius 1 is 1.39 bits per heavy atom. The van der Waals surface area contributed by atoms with Crippen LogP contribution in [-0.2, 0) is 10.9 Å². The number of nitrogens with one attached hydrogen (secondary N) is 1. The summed E-state index contributed by atoms with van der Waals surface area (Å²) in [5, 5.41) is 9.54. The zero-order valence-electron chi connectivity index (χ0n) is 14.4. The zero-order valence-corrected chi connectivity index (χ0v) is 15.2. The third-order valence-electron chi connectivity index (χ3n) is 3.34. The van der Waals surface area contributed by atoms with Crippen LogP contribution >= 0.6 is 11.3 Å². The molecule has 2 aromatic heterocycles. The highest BCUT2D eigenvalue weighted by Gasteiger charge is 2.30. The molecule has 28 heavy (non-hydrogen) atoms. The molecule has 11 heteroatoms. The second-order valence-electron chi connectivity index (χ2n) is 5.33. The van der Waals surface area contributed by atoms with Gasteiger partial charge in [-0.15, -0.1) is 11.3 Å². The molecule has 0 amide bonds. The second kappa shape index (κ2) is 8.21. The van der Waals surface area contributed by atoms with Crippen LogP contribution in [0.1, 0.15) is 28.5 Å². The Hall–Kier alpha value is -3.21.